The molecule has 142 valence electrons. The van der Waals surface area contributed by atoms with E-state index in [1.807, 2.05) is 0 Å². The van der Waals surface area contributed by atoms with Crippen molar-refractivity contribution in [2.75, 3.05) is 12.4 Å². The highest BCUT2D eigenvalue weighted by atomic mass is 19.2. The zero-order valence-corrected chi connectivity index (χ0v) is 14.9. The van der Waals surface area contributed by atoms with E-state index in [9.17, 15) is 17.6 Å². The number of benzene rings is 2. The molecule has 1 heterocycles. The summed E-state index contributed by atoms with van der Waals surface area (Å²) in [5.41, 5.74) is 1.30. The number of hydrogen-bond donors (Lipinski definition) is 1. The smallest absolute Gasteiger partial charge is 0.159 e. The van der Waals surface area contributed by atoms with Gasteiger partial charge in [0.05, 0.1) is 12.8 Å². The second kappa shape index (κ2) is 7.30. The highest BCUT2D eigenvalue weighted by Gasteiger charge is 2.18. The molecule has 4 nitrogen and oxygen atoms in total. The number of nitrogens with zero attached hydrogens (tertiary/aromatic N) is 2. The number of ether oxygens (including phenoxy) is 1. The molecule has 0 bridgehead atoms. The van der Waals surface area contributed by atoms with Crippen LogP contribution in [-0.4, -0.2) is 16.9 Å². The topological polar surface area (TPSA) is 39.1 Å². The molecule has 8 heteroatoms. The minimum absolute atomic E-state index is 0.0765. The maximum Gasteiger partial charge on any atom is 0.159 e. The number of methoxy groups -OCH3 is 1. The van der Waals surface area contributed by atoms with Crippen LogP contribution in [0, 0.1) is 30.2 Å². The summed E-state index contributed by atoms with van der Waals surface area (Å²) in [4.78, 5) is 0. The Morgan fingerprint density at radius 3 is 2.26 bits per heavy atom. The first kappa shape index (κ1) is 18.8. The van der Waals surface area contributed by atoms with Crippen LogP contribution in [0.15, 0.2) is 30.3 Å². The first-order valence-electron chi connectivity index (χ1n) is 8.06. The van der Waals surface area contributed by atoms with Gasteiger partial charge in [-0.2, -0.15) is 5.10 Å². The predicted molar refractivity (Wildman–Crippen MR) is 93.5 cm³/mol. The number of hydrogen-bond acceptors (Lipinski definition) is 3. The van der Waals surface area contributed by atoms with Crippen molar-refractivity contribution in [3.8, 4) is 16.9 Å². The molecule has 0 unspecified atom stereocenters. The summed E-state index contributed by atoms with van der Waals surface area (Å²) in [6.45, 7) is 1.54. The van der Waals surface area contributed by atoms with E-state index in [0.29, 0.717) is 22.6 Å². The molecule has 3 rings (SSSR count). The lowest BCUT2D eigenvalue weighted by atomic mass is 10.1. The van der Waals surface area contributed by atoms with Crippen LogP contribution in [0.25, 0.3) is 11.1 Å². The molecule has 27 heavy (non-hydrogen) atoms. The Morgan fingerprint density at radius 2 is 1.67 bits per heavy atom. The second-order valence-corrected chi connectivity index (χ2v) is 5.98. The van der Waals surface area contributed by atoms with Gasteiger partial charge >= 0.3 is 0 Å². The van der Waals surface area contributed by atoms with E-state index in [0.717, 1.165) is 24.3 Å². The van der Waals surface area contributed by atoms with Gasteiger partial charge in [-0.1, -0.05) is 6.07 Å². The van der Waals surface area contributed by atoms with Crippen LogP contribution < -0.4 is 10.1 Å². The average molecular weight is 379 g/mol. The summed E-state index contributed by atoms with van der Waals surface area (Å²) in [6.07, 6.45) is 0. The summed E-state index contributed by atoms with van der Waals surface area (Å²) in [5.74, 6) is -2.97. The van der Waals surface area contributed by atoms with Crippen LogP contribution in [-0.2, 0) is 13.6 Å². The minimum Gasteiger partial charge on any atom is -0.497 e. The molecule has 0 spiro atoms. The summed E-state index contributed by atoms with van der Waals surface area (Å²) in [6, 6.07) is 5.67. The molecule has 0 aliphatic heterocycles. The highest BCUT2D eigenvalue weighted by Crippen LogP contribution is 2.32. The largest absolute Gasteiger partial charge is 0.497 e. The van der Waals surface area contributed by atoms with Gasteiger partial charge in [0.2, 0.25) is 0 Å². The van der Waals surface area contributed by atoms with E-state index in [1.54, 1.807) is 14.0 Å². The van der Waals surface area contributed by atoms with Crippen LogP contribution in [0.1, 0.15) is 11.3 Å². The van der Waals surface area contributed by atoms with E-state index in [2.05, 4.69) is 10.4 Å². The van der Waals surface area contributed by atoms with Gasteiger partial charge < -0.3 is 10.1 Å². The van der Waals surface area contributed by atoms with Gasteiger partial charge in [0.25, 0.3) is 0 Å². The predicted octanol–water partition coefficient (Wildman–Crippen LogP) is 4.57. The Morgan fingerprint density at radius 1 is 1.00 bits per heavy atom. The summed E-state index contributed by atoms with van der Waals surface area (Å²) in [7, 11) is 2.96. The number of halogens is 4. The van der Waals surface area contributed by atoms with E-state index in [4.69, 9.17) is 4.74 Å². The van der Waals surface area contributed by atoms with Crippen molar-refractivity contribution < 1.29 is 22.3 Å². The van der Waals surface area contributed by atoms with Gasteiger partial charge in [-0.05, 0) is 24.6 Å². The quantitative estimate of drug-likeness (QED) is 0.660. The van der Waals surface area contributed by atoms with Gasteiger partial charge in [0.1, 0.15) is 23.2 Å². The molecule has 0 fully saturated rings. The third-order valence-electron chi connectivity index (χ3n) is 4.21. The van der Waals surface area contributed by atoms with E-state index in [1.165, 1.54) is 17.9 Å². The van der Waals surface area contributed by atoms with Crippen molar-refractivity contribution in [2.45, 2.75) is 13.5 Å². The first-order valence-corrected chi connectivity index (χ1v) is 8.06. The van der Waals surface area contributed by atoms with Crippen molar-refractivity contribution in [3.63, 3.8) is 0 Å². The van der Waals surface area contributed by atoms with Gasteiger partial charge in [-0.3, -0.25) is 4.68 Å². The summed E-state index contributed by atoms with van der Waals surface area (Å²) >= 11 is 0. The zero-order chi connectivity index (χ0) is 19.7. The molecule has 1 aromatic heterocycles. The standard InChI is InChI=1S/C19H17F4N3O/c1-10-18(11-4-5-14(20)17(23)6-11)19(26(2)25-10)24-9-13-15(21)7-12(27-3)8-16(13)22/h4-8,24H,9H2,1-3H3. The molecule has 0 atom stereocenters. The van der Waals surface area contributed by atoms with Crippen LogP contribution in [0.3, 0.4) is 0 Å². The van der Waals surface area contributed by atoms with Crippen molar-refractivity contribution >= 4 is 5.82 Å². The Bertz CT molecular complexity index is 978. The van der Waals surface area contributed by atoms with E-state index >= 15 is 0 Å². The fourth-order valence-corrected chi connectivity index (χ4v) is 2.90. The van der Waals surface area contributed by atoms with Gasteiger partial charge in [0.15, 0.2) is 11.6 Å². The summed E-state index contributed by atoms with van der Waals surface area (Å²) < 4.78 is 61.5. The second-order valence-electron chi connectivity index (χ2n) is 5.98. The number of rotatable bonds is 5. The molecule has 0 amide bonds. The molecule has 2 aromatic carbocycles. The fraction of sp³-hybridized carbons (Fsp3) is 0.211. The highest BCUT2D eigenvalue weighted by molar-refractivity contribution is 5.78. The lowest BCUT2D eigenvalue weighted by Crippen LogP contribution is -2.09. The molecule has 0 saturated carbocycles. The zero-order valence-electron chi connectivity index (χ0n) is 14.9. The van der Waals surface area contributed by atoms with Gasteiger partial charge in [0, 0.05) is 36.9 Å². The SMILES string of the molecule is COc1cc(F)c(CNc2c(-c3ccc(F)c(F)c3)c(C)nn2C)c(F)c1. The Labute approximate surface area is 153 Å². The van der Waals surface area contributed by atoms with Crippen LogP contribution in [0.5, 0.6) is 5.75 Å². The Kier molecular flexibility index (Phi) is 5.07. The monoisotopic (exact) mass is 379 g/mol. The molecule has 3 aromatic rings. The third-order valence-corrected chi connectivity index (χ3v) is 4.21. The lowest BCUT2D eigenvalue weighted by molar-refractivity contribution is 0.405. The minimum atomic E-state index is -0.992. The summed E-state index contributed by atoms with van der Waals surface area (Å²) in [5, 5.41) is 7.19. The number of anilines is 1. The molecule has 0 saturated heterocycles. The lowest BCUT2D eigenvalue weighted by Gasteiger charge is -2.12. The van der Waals surface area contributed by atoms with Crippen LogP contribution >= 0.6 is 0 Å². The third kappa shape index (κ3) is 3.60. The van der Waals surface area contributed by atoms with E-state index in [-0.39, 0.29) is 17.9 Å². The molecule has 1 N–H and O–H groups in total. The molecule has 0 radical (unpaired) electrons. The van der Waals surface area contributed by atoms with Crippen molar-refractivity contribution in [2.24, 2.45) is 7.05 Å². The molecule has 0 aliphatic carbocycles. The molecule has 0 aliphatic rings. The average Bonchev–Trinajstić information content (AvgIpc) is 2.90. The fourth-order valence-electron chi connectivity index (χ4n) is 2.90. The van der Waals surface area contributed by atoms with Crippen molar-refractivity contribution in [1.82, 2.24) is 9.78 Å². The van der Waals surface area contributed by atoms with Gasteiger partial charge in [-0.25, -0.2) is 17.6 Å². The molecular formula is C19H17F4N3O. The van der Waals surface area contributed by atoms with Gasteiger partial charge in [-0.15, -0.1) is 0 Å². The van der Waals surface area contributed by atoms with E-state index < -0.39 is 23.3 Å². The Balaban J connectivity index is 1.96. The van der Waals surface area contributed by atoms with Crippen molar-refractivity contribution in [1.29, 1.82) is 0 Å². The maximum absolute atomic E-state index is 14.2. The normalized spacial score (nSPS) is 10.9. The Hall–Kier alpha value is -3.03. The maximum atomic E-state index is 14.2. The van der Waals surface area contributed by atoms with Crippen LogP contribution in [0.2, 0.25) is 0 Å². The van der Waals surface area contributed by atoms with Crippen molar-refractivity contribution in [3.05, 3.63) is 64.9 Å². The number of aryl methyl sites for hydroxylation is 2. The first-order chi connectivity index (χ1) is 12.8. The number of aromatic nitrogens is 2. The van der Waals surface area contributed by atoms with Crippen LogP contribution in [0.4, 0.5) is 23.4 Å². The number of nitrogens with one attached hydrogen (secondary N) is 1. The molecular weight excluding hydrogens is 362 g/mol.